The van der Waals surface area contributed by atoms with Gasteiger partial charge in [-0.3, -0.25) is 0 Å². The molecule has 0 saturated heterocycles. The van der Waals surface area contributed by atoms with Crippen LogP contribution in [0, 0.1) is 0 Å². The SMILES string of the molecule is CCP(=O)(CC)N[C@@H](C(=O)OC)c1ccccc1. The first-order valence-electron chi connectivity index (χ1n) is 6.05. The van der Waals surface area contributed by atoms with Crippen LogP contribution in [0.2, 0.25) is 0 Å². The average Bonchev–Trinajstić information content (AvgIpc) is 2.44. The van der Waals surface area contributed by atoms with E-state index in [1.807, 2.05) is 44.2 Å². The van der Waals surface area contributed by atoms with Crippen molar-refractivity contribution in [2.45, 2.75) is 19.9 Å². The highest BCUT2D eigenvalue weighted by atomic mass is 31.2. The Labute approximate surface area is 108 Å². The lowest BCUT2D eigenvalue weighted by Gasteiger charge is -2.23. The summed E-state index contributed by atoms with van der Waals surface area (Å²) in [5.74, 6) is -0.414. The second-order valence-electron chi connectivity index (χ2n) is 4.02. The molecule has 0 aromatic heterocycles. The number of rotatable bonds is 6. The van der Waals surface area contributed by atoms with Gasteiger partial charge in [-0.05, 0) is 5.56 Å². The number of hydrogen-bond acceptors (Lipinski definition) is 3. The lowest BCUT2D eigenvalue weighted by Crippen LogP contribution is -2.28. The number of hydrogen-bond donors (Lipinski definition) is 1. The topological polar surface area (TPSA) is 55.4 Å². The zero-order valence-electron chi connectivity index (χ0n) is 11.1. The molecule has 1 rings (SSSR count). The van der Waals surface area contributed by atoms with Crippen molar-refractivity contribution < 1.29 is 14.1 Å². The van der Waals surface area contributed by atoms with Crippen molar-refractivity contribution in [2.24, 2.45) is 0 Å². The van der Waals surface area contributed by atoms with E-state index in [-0.39, 0.29) is 0 Å². The Morgan fingerprint density at radius 1 is 1.28 bits per heavy atom. The first-order chi connectivity index (χ1) is 8.56. The van der Waals surface area contributed by atoms with Crippen LogP contribution in [0.3, 0.4) is 0 Å². The number of carbonyl (C=O) groups excluding carboxylic acids is 1. The number of carbonyl (C=O) groups is 1. The molecule has 0 unspecified atom stereocenters. The minimum atomic E-state index is -2.52. The van der Waals surface area contributed by atoms with Crippen molar-refractivity contribution in [1.29, 1.82) is 0 Å². The third kappa shape index (κ3) is 3.69. The summed E-state index contributed by atoms with van der Waals surface area (Å²) in [7, 11) is -1.18. The van der Waals surface area contributed by atoms with Gasteiger partial charge in [0.25, 0.3) is 0 Å². The van der Waals surface area contributed by atoms with Gasteiger partial charge in [0, 0.05) is 12.3 Å². The number of esters is 1. The predicted molar refractivity (Wildman–Crippen MR) is 73.0 cm³/mol. The van der Waals surface area contributed by atoms with Crippen LogP contribution in [-0.2, 0) is 14.1 Å². The van der Waals surface area contributed by atoms with E-state index in [0.29, 0.717) is 12.3 Å². The molecule has 0 amide bonds. The molecule has 0 aliphatic carbocycles. The molecule has 0 fully saturated rings. The van der Waals surface area contributed by atoms with Gasteiger partial charge in [-0.25, -0.2) is 9.88 Å². The first kappa shape index (κ1) is 14.9. The Hall–Kier alpha value is -1.12. The number of benzene rings is 1. The third-order valence-corrected chi connectivity index (χ3v) is 5.73. The maximum atomic E-state index is 12.4. The average molecular weight is 269 g/mol. The molecule has 0 aliphatic rings. The maximum Gasteiger partial charge on any atom is 0.327 e. The monoisotopic (exact) mass is 269 g/mol. The van der Waals surface area contributed by atoms with Gasteiger partial charge < -0.3 is 9.30 Å². The van der Waals surface area contributed by atoms with Crippen LogP contribution in [0.4, 0.5) is 0 Å². The fraction of sp³-hybridized carbons (Fsp3) is 0.462. The van der Waals surface area contributed by atoms with E-state index in [0.717, 1.165) is 5.56 Å². The first-order valence-corrected chi connectivity index (χ1v) is 8.12. The van der Waals surface area contributed by atoms with Crippen LogP contribution in [-0.4, -0.2) is 25.4 Å². The summed E-state index contributed by atoms with van der Waals surface area (Å²) >= 11 is 0. The highest BCUT2D eigenvalue weighted by molar-refractivity contribution is 7.61. The third-order valence-electron chi connectivity index (χ3n) is 2.96. The molecule has 0 saturated carbocycles. The Balaban J connectivity index is 3.01. The highest BCUT2D eigenvalue weighted by Crippen LogP contribution is 2.42. The predicted octanol–water partition coefficient (Wildman–Crippen LogP) is 2.81. The summed E-state index contributed by atoms with van der Waals surface area (Å²) in [5, 5.41) is 2.98. The van der Waals surface area contributed by atoms with Crippen molar-refractivity contribution in [3.8, 4) is 0 Å². The van der Waals surface area contributed by atoms with Crippen molar-refractivity contribution >= 4 is 13.3 Å². The van der Waals surface area contributed by atoms with Gasteiger partial charge in [0.2, 0.25) is 0 Å². The molecule has 0 aliphatic heterocycles. The van der Waals surface area contributed by atoms with Gasteiger partial charge >= 0.3 is 5.97 Å². The minimum Gasteiger partial charge on any atom is -0.468 e. The van der Waals surface area contributed by atoms with Crippen LogP contribution >= 0.6 is 7.29 Å². The fourth-order valence-corrected chi connectivity index (χ4v) is 3.21. The fourth-order valence-electron chi connectivity index (χ4n) is 1.67. The molecular weight excluding hydrogens is 249 g/mol. The molecule has 1 N–H and O–H groups in total. The Morgan fingerprint density at radius 3 is 2.28 bits per heavy atom. The Kier molecular flexibility index (Phi) is 5.57. The molecule has 0 radical (unpaired) electrons. The summed E-state index contributed by atoms with van der Waals surface area (Å²) in [5.41, 5.74) is 0.770. The highest BCUT2D eigenvalue weighted by Gasteiger charge is 2.28. The van der Waals surface area contributed by atoms with E-state index in [2.05, 4.69) is 5.09 Å². The van der Waals surface area contributed by atoms with E-state index >= 15 is 0 Å². The van der Waals surface area contributed by atoms with E-state index in [4.69, 9.17) is 4.74 Å². The summed E-state index contributed by atoms with van der Waals surface area (Å²) in [6, 6.07) is 8.54. The van der Waals surface area contributed by atoms with E-state index in [1.54, 1.807) is 0 Å². The second-order valence-corrected chi connectivity index (χ2v) is 7.32. The van der Waals surface area contributed by atoms with E-state index in [1.165, 1.54) is 7.11 Å². The number of methoxy groups -OCH3 is 1. The molecule has 100 valence electrons. The molecule has 5 heteroatoms. The van der Waals surface area contributed by atoms with Crippen LogP contribution in [0.25, 0.3) is 0 Å². The molecule has 1 aromatic carbocycles. The Bertz CT molecular complexity index is 425. The largest absolute Gasteiger partial charge is 0.468 e. The molecular formula is C13H20NO3P. The molecule has 1 aromatic rings. The smallest absolute Gasteiger partial charge is 0.327 e. The van der Waals surface area contributed by atoms with E-state index < -0.39 is 19.3 Å². The van der Waals surface area contributed by atoms with Gasteiger partial charge in [-0.15, -0.1) is 0 Å². The van der Waals surface area contributed by atoms with Gasteiger partial charge in [0.05, 0.1) is 7.11 Å². The number of ether oxygens (including phenoxy) is 1. The lowest BCUT2D eigenvalue weighted by molar-refractivity contribution is -0.142. The molecule has 1 atom stereocenters. The summed E-state index contributed by atoms with van der Waals surface area (Å²) in [6.45, 7) is 3.72. The summed E-state index contributed by atoms with van der Waals surface area (Å²) in [6.07, 6.45) is 1.04. The number of nitrogens with one attached hydrogen (secondary N) is 1. The zero-order chi connectivity index (χ0) is 13.6. The van der Waals surface area contributed by atoms with Crippen LogP contribution in [0.15, 0.2) is 30.3 Å². The summed E-state index contributed by atoms with van der Waals surface area (Å²) < 4.78 is 17.2. The normalized spacial score (nSPS) is 13.1. The lowest BCUT2D eigenvalue weighted by atomic mass is 10.1. The van der Waals surface area contributed by atoms with Crippen molar-refractivity contribution in [3.05, 3.63) is 35.9 Å². The van der Waals surface area contributed by atoms with Gasteiger partial charge in [0.15, 0.2) is 0 Å². The molecule has 0 heterocycles. The van der Waals surface area contributed by atoms with Crippen LogP contribution < -0.4 is 5.09 Å². The second kappa shape index (κ2) is 6.72. The van der Waals surface area contributed by atoms with E-state index in [9.17, 15) is 9.36 Å². The van der Waals surface area contributed by atoms with Gasteiger partial charge in [0.1, 0.15) is 13.3 Å². The summed E-state index contributed by atoms with van der Waals surface area (Å²) in [4.78, 5) is 11.8. The van der Waals surface area contributed by atoms with Crippen molar-refractivity contribution in [1.82, 2.24) is 5.09 Å². The zero-order valence-corrected chi connectivity index (χ0v) is 11.9. The molecule has 4 nitrogen and oxygen atoms in total. The Morgan fingerprint density at radius 2 is 1.83 bits per heavy atom. The van der Waals surface area contributed by atoms with Gasteiger partial charge in [-0.2, -0.15) is 0 Å². The molecule has 18 heavy (non-hydrogen) atoms. The molecule has 0 bridgehead atoms. The standard InChI is InChI=1S/C13H20NO3P/c1-4-18(16,5-2)14-12(13(15)17-3)11-9-7-6-8-10-11/h6-10,12H,4-5H2,1-3H3,(H,14,16)/t12-/m1/s1. The maximum absolute atomic E-state index is 12.4. The van der Waals surface area contributed by atoms with Crippen LogP contribution in [0.5, 0.6) is 0 Å². The van der Waals surface area contributed by atoms with Crippen LogP contribution in [0.1, 0.15) is 25.5 Å². The van der Waals surface area contributed by atoms with Crippen molar-refractivity contribution in [3.63, 3.8) is 0 Å². The van der Waals surface area contributed by atoms with Crippen molar-refractivity contribution in [2.75, 3.05) is 19.4 Å². The molecule has 0 spiro atoms. The minimum absolute atomic E-state index is 0.414. The van der Waals surface area contributed by atoms with Gasteiger partial charge in [-0.1, -0.05) is 44.2 Å². The quantitative estimate of drug-likeness (QED) is 0.637.